The molecule has 0 radical (unpaired) electrons. The van der Waals surface area contributed by atoms with E-state index in [1.165, 1.54) is 16.7 Å². The quantitative estimate of drug-likeness (QED) is 0.628. The number of nitrogens with zero attached hydrogens (tertiary/aromatic N) is 3. The summed E-state index contributed by atoms with van der Waals surface area (Å²) in [6.45, 7) is 4.60. The summed E-state index contributed by atoms with van der Waals surface area (Å²) < 4.78 is 7.82. The monoisotopic (exact) mass is 339 g/mol. The lowest BCUT2D eigenvalue weighted by Crippen LogP contribution is -2.04. The van der Waals surface area contributed by atoms with Crippen LogP contribution in [0.4, 0.5) is 0 Å². The van der Waals surface area contributed by atoms with Gasteiger partial charge in [-0.1, -0.05) is 48.2 Å². The number of aromatic nitrogens is 3. The first-order valence-corrected chi connectivity index (χ1v) is 8.87. The van der Waals surface area contributed by atoms with Gasteiger partial charge in [0.2, 0.25) is 0 Å². The Morgan fingerprint density at radius 1 is 1.04 bits per heavy atom. The minimum absolute atomic E-state index is 0.415. The molecule has 3 rings (SSSR count). The Morgan fingerprint density at radius 2 is 1.88 bits per heavy atom. The average molecular weight is 339 g/mol. The Morgan fingerprint density at radius 3 is 2.67 bits per heavy atom. The largest absolute Gasteiger partial charge is 0.486 e. The Kier molecular flexibility index (Phi) is 5.20. The number of rotatable bonds is 6. The molecule has 0 amide bonds. The lowest BCUT2D eigenvalue weighted by molar-refractivity contribution is 0.290. The van der Waals surface area contributed by atoms with E-state index in [0.717, 1.165) is 22.5 Å². The van der Waals surface area contributed by atoms with E-state index < -0.39 is 0 Å². The molecule has 0 saturated carbocycles. The molecule has 124 valence electrons. The maximum atomic E-state index is 5.82. The van der Waals surface area contributed by atoms with E-state index in [4.69, 9.17) is 4.74 Å². The van der Waals surface area contributed by atoms with Gasteiger partial charge >= 0.3 is 0 Å². The van der Waals surface area contributed by atoms with E-state index in [-0.39, 0.29) is 0 Å². The number of benzene rings is 2. The summed E-state index contributed by atoms with van der Waals surface area (Å²) in [7, 11) is 1.98. The van der Waals surface area contributed by atoms with Gasteiger partial charge in [-0.25, -0.2) is 0 Å². The molecule has 2 aromatic carbocycles. The molecule has 0 aliphatic carbocycles. The second kappa shape index (κ2) is 7.53. The Balaban J connectivity index is 1.62. The van der Waals surface area contributed by atoms with Crippen LogP contribution in [0.5, 0.6) is 5.75 Å². The number of hydrogen-bond donors (Lipinski definition) is 0. The molecule has 0 atom stereocenters. The van der Waals surface area contributed by atoms with Gasteiger partial charge in [-0.2, -0.15) is 0 Å². The molecule has 0 spiro atoms. The van der Waals surface area contributed by atoms with Crippen LogP contribution in [-0.4, -0.2) is 14.8 Å². The van der Waals surface area contributed by atoms with Gasteiger partial charge < -0.3 is 9.30 Å². The molecule has 4 nitrogen and oxygen atoms in total. The molecule has 0 saturated heterocycles. The van der Waals surface area contributed by atoms with Crippen LogP contribution in [0.2, 0.25) is 0 Å². The van der Waals surface area contributed by atoms with E-state index in [2.05, 4.69) is 54.4 Å². The van der Waals surface area contributed by atoms with Gasteiger partial charge in [0.15, 0.2) is 11.0 Å². The van der Waals surface area contributed by atoms with Crippen molar-refractivity contribution in [1.29, 1.82) is 0 Å². The first kappa shape index (κ1) is 16.6. The van der Waals surface area contributed by atoms with Crippen molar-refractivity contribution in [3.05, 3.63) is 71.0 Å². The first-order valence-electron chi connectivity index (χ1n) is 7.88. The van der Waals surface area contributed by atoms with Crippen LogP contribution in [0.3, 0.4) is 0 Å². The van der Waals surface area contributed by atoms with Crippen LogP contribution < -0.4 is 4.74 Å². The van der Waals surface area contributed by atoms with Crippen molar-refractivity contribution in [1.82, 2.24) is 14.8 Å². The third kappa shape index (κ3) is 3.97. The molecule has 0 aliphatic heterocycles. The highest BCUT2D eigenvalue weighted by atomic mass is 32.2. The molecule has 1 heterocycles. The summed E-state index contributed by atoms with van der Waals surface area (Å²) >= 11 is 1.69. The summed E-state index contributed by atoms with van der Waals surface area (Å²) in [5, 5.41) is 9.45. The summed E-state index contributed by atoms with van der Waals surface area (Å²) in [4.78, 5) is 0. The highest BCUT2D eigenvalue weighted by Gasteiger charge is 2.10. The van der Waals surface area contributed by atoms with Gasteiger partial charge in [-0.15, -0.1) is 10.2 Å². The van der Waals surface area contributed by atoms with E-state index in [0.29, 0.717) is 6.61 Å². The maximum Gasteiger partial charge on any atom is 0.191 e. The Bertz CT molecular complexity index is 829. The predicted molar refractivity (Wildman–Crippen MR) is 97.3 cm³/mol. The minimum Gasteiger partial charge on any atom is -0.486 e. The molecule has 0 fully saturated rings. The summed E-state index contributed by atoms with van der Waals surface area (Å²) in [5.74, 6) is 2.56. The summed E-state index contributed by atoms with van der Waals surface area (Å²) in [5.41, 5.74) is 3.80. The minimum atomic E-state index is 0.415. The predicted octanol–water partition coefficient (Wildman–Crippen LogP) is 4.30. The van der Waals surface area contributed by atoms with Crippen LogP contribution in [0.15, 0.2) is 53.7 Å². The van der Waals surface area contributed by atoms with Gasteiger partial charge in [-0.05, 0) is 42.7 Å². The third-order valence-electron chi connectivity index (χ3n) is 3.90. The van der Waals surface area contributed by atoms with Crippen LogP contribution in [0, 0.1) is 13.8 Å². The fourth-order valence-corrected chi connectivity index (χ4v) is 3.37. The Hall–Kier alpha value is -2.27. The molecule has 1 aromatic heterocycles. The van der Waals surface area contributed by atoms with Crippen molar-refractivity contribution < 1.29 is 4.74 Å². The van der Waals surface area contributed by atoms with Crippen molar-refractivity contribution in [2.24, 2.45) is 7.05 Å². The highest BCUT2D eigenvalue weighted by Crippen LogP contribution is 2.23. The number of hydrogen-bond acceptors (Lipinski definition) is 4. The fraction of sp³-hybridized carbons (Fsp3) is 0.263. The molecular formula is C19H21N3OS. The van der Waals surface area contributed by atoms with Gasteiger partial charge in [0.25, 0.3) is 0 Å². The smallest absolute Gasteiger partial charge is 0.191 e. The maximum absolute atomic E-state index is 5.82. The van der Waals surface area contributed by atoms with E-state index in [9.17, 15) is 0 Å². The normalized spacial score (nSPS) is 10.8. The molecule has 0 bridgehead atoms. The molecule has 3 aromatic rings. The van der Waals surface area contributed by atoms with Crippen molar-refractivity contribution in [3.8, 4) is 5.75 Å². The van der Waals surface area contributed by atoms with Crippen LogP contribution in [-0.2, 0) is 19.4 Å². The third-order valence-corrected chi connectivity index (χ3v) is 4.97. The second-order valence-corrected chi connectivity index (χ2v) is 6.72. The molecule has 0 unspecified atom stereocenters. The Labute approximate surface area is 146 Å². The average Bonchev–Trinajstić information content (AvgIpc) is 2.92. The molecule has 5 heteroatoms. The zero-order chi connectivity index (χ0) is 16.9. The van der Waals surface area contributed by atoms with Crippen molar-refractivity contribution in [2.45, 2.75) is 31.4 Å². The lowest BCUT2D eigenvalue weighted by atomic mass is 10.1. The van der Waals surface area contributed by atoms with Crippen LogP contribution >= 0.6 is 11.8 Å². The van der Waals surface area contributed by atoms with Gasteiger partial charge in [-0.3, -0.25) is 0 Å². The van der Waals surface area contributed by atoms with Gasteiger partial charge in [0.1, 0.15) is 12.4 Å². The fourth-order valence-electron chi connectivity index (χ4n) is 2.36. The second-order valence-electron chi connectivity index (χ2n) is 5.78. The number of thioether (sulfide) groups is 1. The first-order chi connectivity index (χ1) is 11.6. The van der Waals surface area contributed by atoms with Crippen LogP contribution in [0.25, 0.3) is 0 Å². The van der Waals surface area contributed by atoms with Crippen molar-refractivity contribution >= 4 is 11.8 Å². The molecule has 24 heavy (non-hydrogen) atoms. The summed E-state index contributed by atoms with van der Waals surface area (Å²) in [6, 6.07) is 16.4. The van der Waals surface area contributed by atoms with E-state index in [1.807, 2.05) is 29.8 Å². The SMILES string of the molecule is Cc1cccc(OCc2nnc(SCc3ccccc3C)n2C)c1. The topological polar surface area (TPSA) is 39.9 Å². The van der Waals surface area contributed by atoms with E-state index in [1.54, 1.807) is 11.8 Å². The zero-order valence-corrected chi connectivity index (χ0v) is 15.0. The molecule has 0 N–H and O–H groups in total. The summed E-state index contributed by atoms with van der Waals surface area (Å²) in [6.07, 6.45) is 0. The number of aryl methyl sites for hydroxylation is 2. The highest BCUT2D eigenvalue weighted by molar-refractivity contribution is 7.98. The number of ether oxygens (including phenoxy) is 1. The van der Waals surface area contributed by atoms with Crippen molar-refractivity contribution in [2.75, 3.05) is 0 Å². The van der Waals surface area contributed by atoms with Gasteiger partial charge in [0, 0.05) is 12.8 Å². The van der Waals surface area contributed by atoms with Crippen LogP contribution in [0.1, 0.15) is 22.5 Å². The standard InChI is InChI=1S/C19H21N3OS/c1-14-7-6-10-17(11-14)23-12-18-20-21-19(22(18)3)24-13-16-9-5-4-8-15(16)2/h4-11H,12-13H2,1-3H3. The lowest BCUT2D eigenvalue weighted by Gasteiger charge is -2.08. The van der Waals surface area contributed by atoms with Crippen molar-refractivity contribution in [3.63, 3.8) is 0 Å². The molecular weight excluding hydrogens is 318 g/mol. The zero-order valence-electron chi connectivity index (χ0n) is 14.2. The van der Waals surface area contributed by atoms with E-state index >= 15 is 0 Å². The molecule has 0 aliphatic rings. The van der Waals surface area contributed by atoms with Gasteiger partial charge in [0.05, 0.1) is 0 Å².